The van der Waals surface area contributed by atoms with Crippen molar-refractivity contribution in [3.05, 3.63) is 59.2 Å². The van der Waals surface area contributed by atoms with Gasteiger partial charge in [-0.05, 0) is 18.2 Å². The van der Waals surface area contributed by atoms with Crippen molar-refractivity contribution in [2.45, 2.75) is 31.1 Å². The van der Waals surface area contributed by atoms with Crippen LogP contribution < -0.4 is 11.4 Å². The Bertz CT molecular complexity index is 1630. The number of hydrogen-bond donors (Lipinski definition) is 3. The Morgan fingerprint density at radius 2 is 1.97 bits per heavy atom. The largest absolute Gasteiger partial charge is 0.464 e. The summed E-state index contributed by atoms with van der Waals surface area (Å²) in [4.78, 5) is 24.2. The van der Waals surface area contributed by atoms with Gasteiger partial charge in [-0.3, -0.25) is 4.57 Å². The number of fused-ring (bicyclic) bond motifs is 3. The summed E-state index contributed by atoms with van der Waals surface area (Å²) in [5, 5.41) is 22.0. The lowest BCUT2D eigenvalue weighted by atomic mass is 10.1. The average molecular weight is 509 g/mol. The van der Waals surface area contributed by atoms with E-state index in [1.165, 1.54) is 18.7 Å². The van der Waals surface area contributed by atoms with Crippen molar-refractivity contribution in [1.82, 2.24) is 19.5 Å². The van der Waals surface area contributed by atoms with Crippen molar-refractivity contribution in [2.24, 2.45) is 0 Å². The third kappa shape index (κ3) is 4.12. The number of nitrogen functional groups attached to an aromatic ring is 1. The van der Waals surface area contributed by atoms with E-state index >= 15 is 0 Å². The number of aromatic nitrogens is 4. The Morgan fingerprint density at radius 3 is 2.84 bits per heavy atom. The van der Waals surface area contributed by atoms with Gasteiger partial charge in [0, 0.05) is 16.8 Å². The molecule has 0 saturated carbocycles. The predicted octanol–water partition coefficient (Wildman–Crippen LogP) is 1.11. The number of nitrogens with two attached hydrogens (primary N) is 1. The van der Waals surface area contributed by atoms with E-state index in [4.69, 9.17) is 28.8 Å². The van der Waals surface area contributed by atoms with E-state index in [-0.39, 0.29) is 25.6 Å². The summed E-state index contributed by atoms with van der Waals surface area (Å²) >= 11 is 0. The molecule has 0 bridgehead atoms. The second kappa shape index (κ2) is 9.53. The molecular weight excluding hydrogens is 486 g/mol. The van der Waals surface area contributed by atoms with Gasteiger partial charge in [-0.2, -0.15) is 0 Å². The quantitative estimate of drug-likeness (QED) is 0.200. The number of ether oxygens (including phenoxy) is 3. The molecule has 1 fully saturated rings. The summed E-state index contributed by atoms with van der Waals surface area (Å²) in [5.41, 5.74) is 7.79. The molecule has 13 heteroatoms. The molecule has 0 unspecified atom stereocenters. The van der Waals surface area contributed by atoms with Crippen molar-refractivity contribution in [3.63, 3.8) is 0 Å². The van der Waals surface area contributed by atoms with E-state index in [9.17, 15) is 15.0 Å². The van der Waals surface area contributed by atoms with E-state index in [2.05, 4.69) is 15.0 Å². The molecule has 1 aliphatic heterocycles. The van der Waals surface area contributed by atoms with Crippen molar-refractivity contribution >= 4 is 38.9 Å². The van der Waals surface area contributed by atoms with Crippen LogP contribution in [-0.2, 0) is 20.8 Å². The maximum Gasteiger partial charge on any atom is 0.336 e. The molecule has 0 spiro atoms. The molecule has 192 valence electrons. The molecule has 0 amide bonds. The summed E-state index contributed by atoms with van der Waals surface area (Å²) in [6.07, 6.45) is 0.706. The number of furan rings is 1. The zero-order valence-corrected chi connectivity index (χ0v) is 19.4. The van der Waals surface area contributed by atoms with Crippen LogP contribution in [-0.4, -0.2) is 67.9 Å². The zero-order valence-electron chi connectivity index (χ0n) is 19.4. The van der Waals surface area contributed by atoms with Crippen molar-refractivity contribution in [3.8, 4) is 0 Å². The molecule has 37 heavy (non-hydrogen) atoms. The van der Waals surface area contributed by atoms with Crippen LogP contribution in [0.25, 0.3) is 33.1 Å². The Labute approximate surface area is 208 Å². The van der Waals surface area contributed by atoms with E-state index in [0.29, 0.717) is 27.9 Å². The molecular formula is C24H23N5O8. The zero-order chi connectivity index (χ0) is 25.5. The number of aliphatic hydroxyl groups is 2. The number of rotatable bonds is 8. The average Bonchev–Trinajstić information content (AvgIpc) is 3.61. The number of hydrogen-bond acceptors (Lipinski definition) is 12. The molecule has 13 nitrogen and oxygen atoms in total. The van der Waals surface area contributed by atoms with Gasteiger partial charge in [0.2, 0.25) is 0 Å². The van der Waals surface area contributed by atoms with Crippen LogP contribution in [0.4, 0.5) is 5.82 Å². The molecule has 4 aromatic heterocycles. The minimum atomic E-state index is -1.11. The lowest BCUT2D eigenvalue weighted by Crippen LogP contribution is -2.36. The number of nitrogens with zero attached hydrogens (tertiary/aromatic N) is 4. The topological polar surface area (TPSA) is 181 Å². The molecule has 0 aliphatic carbocycles. The van der Waals surface area contributed by atoms with Crippen LogP contribution in [0.15, 0.2) is 56.8 Å². The smallest absolute Gasteiger partial charge is 0.336 e. The minimum absolute atomic E-state index is 0.0967. The van der Waals surface area contributed by atoms with Gasteiger partial charge in [-0.25, -0.2) is 19.7 Å². The molecule has 5 heterocycles. The fourth-order valence-corrected chi connectivity index (χ4v) is 4.60. The fourth-order valence-electron chi connectivity index (χ4n) is 4.60. The van der Waals surface area contributed by atoms with Gasteiger partial charge in [0.25, 0.3) is 0 Å². The summed E-state index contributed by atoms with van der Waals surface area (Å²) < 4.78 is 30.2. The van der Waals surface area contributed by atoms with Crippen LogP contribution in [0.2, 0.25) is 0 Å². The molecule has 0 radical (unpaired) electrons. The highest BCUT2D eigenvalue weighted by Gasteiger charge is 2.45. The highest BCUT2D eigenvalue weighted by Crippen LogP contribution is 2.34. The lowest BCUT2D eigenvalue weighted by molar-refractivity contribution is -0.0822. The van der Waals surface area contributed by atoms with Crippen molar-refractivity contribution in [2.75, 3.05) is 25.6 Å². The van der Waals surface area contributed by atoms with Gasteiger partial charge in [0.15, 0.2) is 17.7 Å². The van der Waals surface area contributed by atoms with Crippen LogP contribution in [0.1, 0.15) is 11.8 Å². The SMILES string of the molecule is Nc1ncnc2c1ncn2[C@@H]1O[C@H](CO)[C@@H](O)[C@H]1OCCOCc1c2occc2cc2ccc(=O)oc12. The normalized spacial score (nSPS) is 22.0. The lowest BCUT2D eigenvalue weighted by Gasteiger charge is -2.22. The van der Waals surface area contributed by atoms with E-state index in [0.717, 1.165) is 10.8 Å². The fraction of sp³-hybridized carbons (Fsp3) is 0.333. The Hall–Kier alpha value is -3.88. The van der Waals surface area contributed by atoms with Gasteiger partial charge in [0.1, 0.15) is 41.3 Å². The summed E-state index contributed by atoms with van der Waals surface area (Å²) in [7, 11) is 0. The maximum atomic E-state index is 11.8. The van der Waals surface area contributed by atoms with Gasteiger partial charge < -0.3 is 39.0 Å². The van der Waals surface area contributed by atoms with E-state index in [1.54, 1.807) is 16.9 Å². The molecule has 6 rings (SSSR count). The Kier molecular flexibility index (Phi) is 6.06. The van der Waals surface area contributed by atoms with E-state index < -0.39 is 36.8 Å². The Balaban J connectivity index is 1.17. The summed E-state index contributed by atoms with van der Waals surface area (Å²) in [6.45, 7) is -0.0513. The van der Waals surface area contributed by atoms with Gasteiger partial charge in [-0.1, -0.05) is 0 Å². The highest BCUT2D eigenvalue weighted by molar-refractivity contribution is 5.96. The number of aliphatic hydroxyl groups excluding tert-OH is 2. The highest BCUT2D eigenvalue weighted by atomic mass is 16.6. The second-order valence-corrected chi connectivity index (χ2v) is 8.58. The standard InChI is InChI=1S/C24H23N5O8/c25-22-17-23(27-10-26-22)29(11-28-17)24-21(18(32)15(8-30)36-24)35-6-5-33-9-14-19-13(3-4-34-19)7-12-1-2-16(31)37-20(12)14/h1-4,7,10-11,15,18,21,24,30,32H,5-6,8-9H2,(H2,25,26,27)/t15-,18-,21-,24-/m1/s1. The monoisotopic (exact) mass is 509 g/mol. The van der Waals surface area contributed by atoms with Crippen LogP contribution in [0, 0.1) is 0 Å². The van der Waals surface area contributed by atoms with Crippen LogP contribution in [0.5, 0.6) is 0 Å². The number of benzene rings is 1. The first-order chi connectivity index (χ1) is 18.0. The molecule has 1 saturated heterocycles. The summed E-state index contributed by atoms with van der Waals surface area (Å²) in [5.74, 6) is 0.210. The van der Waals surface area contributed by atoms with Gasteiger partial charge >= 0.3 is 5.63 Å². The third-order valence-corrected chi connectivity index (χ3v) is 6.36. The molecule has 5 aromatic rings. The predicted molar refractivity (Wildman–Crippen MR) is 128 cm³/mol. The van der Waals surface area contributed by atoms with Crippen molar-refractivity contribution in [1.29, 1.82) is 0 Å². The first kappa shape index (κ1) is 23.5. The maximum absolute atomic E-state index is 11.8. The minimum Gasteiger partial charge on any atom is -0.464 e. The summed E-state index contributed by atoms with van der Waals surface area (Å²) in [6, 6.07) is 6.75. The van der Waals surface area contributed by atoms with Crippen molar-refractivity contribution < 1.29 is 33.3 Å². The Morgan fingerprint density at radius 1 is 1.11 bits per heavy atom. The molecule has 1 aliphatic rings. The number of anilines is 1. The van der Waals surface area contributed by atoms with Crippen LogP contribution >= 0.6 is 0 Å². The van der Waals surface area contributed by atoms with Gasteiger partial charge in [-0.15, -0.1) is 0 Å². The first-order valence-electron chi connectivity index (χ1n) is 11.5. The molecule has 4 atom stereocenters. The second-order valence-electron chi connectivity index (χ2n) is 8.58. The molecule has 4 N–H and O–H groups in total. The molecule has 1 aromatic carbocycles. The number of imidazole rings is 1. The van der Waals surface area contributed by atoms with Gasteiger partial charge in [0.05, 0.1) is 44.6 Å². The first-order valence-corrected chi connectivity index (χ1v) is 11.5. The van der Waals surface area contributed by atoms with E-state index in [1.807, 2.05) is 12.1 Å². The van der Waals surface area contributed by atoms with Crippen LogP contribution in [0.3, 0.4) is 0 Å². The third-order valence-electron chi connectivity index (χ3n) is 6.36.